The Morgan fingerprint density at radius 2 is 1.60 bits per heavy atom. The highest BCUT2D eigenvalue weighted by Crippen LogP contribution is 2.30. The molecule has 1 fully saturated rings. The Hall–Kier alpha value is -5.17. The fourth-order valence-corrected chi connectivity index (χ4v) is 7.15. The maximum atomic E-state index is 13.4. The quantitative estimate of drug-likeness (QED) is 0.175. The molecule has 0 unspecified atom stereocenters. The molecule has 2 aromatic heterocycles. The molecule has 262 valence electrons. The van der Waals surface area contributed by atoms with Gasteiger partial charge in [0.2, 0.25) is 23.6 Å². The van der Waals surface area contributed by atoms with Gasteiger partial charge in [-0.1, -0.05) is 67.6 Å². The first-order chi connectivity index (χ1) is 23.9. The zero-order valence-electron chi connectivity index (χ0n) is 28.6. The number of fused-ring (bicyclic) bond motifs is 1. The predicted molar refractivity (Wildman–Crippen MR) is 190 cm³/mol. The number of aromatic nitrogens is 2. The highest BCUT2D eigenvalue weighted by molar-refractivity contribution is 7.20. The Bertz CT molecular complexity index is 1850. The van der Waals surface area contributed by atoms with Crippen molar-refractivity contribution in [1.29, 1.82) is 0 Å². The van der Waals surface area contributed by atoms with Crippen LogP contribution >= 0.6 is 11.3 Å². The minimum absolute atomic E-state index is 0.0267. The van der Waals surface area contributed by atoms with Crippen LogP contribution in [0.2, 0.25) is 0 Å². The van der Waals surface area contributed by atoms with Gasteiger partial charge in [0, 0.05) is 51.3 Å². The summed E-state index contributed by atoms with van der Waals surface area (Å²) in [6, 6.07) is 14.3. The molecule has 0 radical (unpaired) electrons. The van der Waals surface area contributed by atoms with Crippen LogP contribution in [0.15, 0.2) is 67.0 Å². The molecule has 1 aliphatic heterocycles. The summed E-state index contributed by atoms with van der Waals surface area (Å²) in [7, 11) is 0. The van der Waals surface area contributed by atoms with Crippen molar-refractivity contribution in [1.82, 2.24) is 24.9 Å². The number of hydrogen-bond donors (Lipinski definition) is 3. The van der Waals surface area contributed by atoms with Crippen LogP contribution in [-0.2, 0) is 35.2 Å². The van der Waals surface area contributed by atoms with Gasteiger partial charge in [-0.3, -0.25) is 33.2 Å². The third-order valence-electron chi connectivity index (χ3n) is 8.61. The van der Waals surface area contributed by atoms with Crippen molar-refractivity contribution < 1.29 is 28.8 Å². The van der Waals surface area contributed by atoms with Crippen LogP contribution in [0.1, 0.15) is 70.7 Å². The van der Waals surface area contributed by atoms with E-state index < -0.39 is 18.1 Å². The van der Waals surface area contributed by atoms with Crippen molar-refractivity contribution in [2.45, 2.75) is 77.9 Å². The van der Waals surface area contributed by atoms with E-state index in [1.54, 1.807) is 41.3 Å². The van der Waals surface area contributed by atoms with E-state index >= 15 is 0 Å². The Morgan fingerprint density at radius 3 is 2.24 bits per heavy atom. The number of carbonyl (C=O) groups is 6. The van der Waals surface area contributed by atoms with Crippen molar-refractivity contribution in [2.75, 3.05) is 11.9 Å². The lowest BCUT2D eigenvalue weighted by Crippen LogP contribution is -2.53. The summed E-state index contributed by atoms with van der Waals surface area (Å²) < 4.78 is 1.88. The third kappa shape index (κ3) is 8.89. The van der Waals surface area contributed by atoms with Crippen LogP contribution < -0.4 is 16.0 Å². The van der Waals surface area contributed by atoms with Crippen LogP contribution in [0.4, 0.5) is 5.69 Å². The summed E-state index contributed by atoms with van der Waals surface area (Å²) in [4.78, 5) is 83.5. The molecule has 3 heterocycles. The van der Waals surface area contributed by atoms with Crippen LogP contribution in [0.3, 0.4) is 0 Å². The van der Waals surface area contributed by atoms with Gasteiger partial charge in [-0.2, -0.15) is 0 Å². The summed E-state index contributed by atoms with van der Waals surface area (Å²) in [6.07, 6.45) is 5.12. The second-order valence-corrected chi connectivity index (χ2v) is 13.9. The van der Waals surface area contributed by atoms with Crippen molar-refractivity contribution >= 4 is 57.2 Å². The molecule has 2 aromatic carbocycles. The molecule has 1 saturated heterocycles. The molecule has 3 N–H and O–H groups in total. The number of benzene rings is 2. The number of nitrogens with zero attached hydrogens (tertiary/aromatic N) is 3. The molecule has 3 atom stereocenters. The third-order valence-corrected chi connectivity index (χ3v) is 9.66. The first-order valence-electron chi connectivity index (χ1n) is 16.7. The van der Waals surface area contributed by atoms with E-state index in [9.17, 15) is 28.8 Å². The summed E-state index contributed by atoms with van der Waals surface area (Å²) in [5, 5.41) is 8.24. The van der Waals surface area contributed by atoms with Crippen LogP contribution in [0, 0.1) is 5.92 Å². The Labute approximate surface area is 294 Å². The number of rotatable bonds is 14. The van der Waals surface area contributed by atoms with Gasteiger partial charge < -0.3 is 20.9 Å². The number of hydrogen-bond acceptors (Lipinski definition) is 8. The van der Waals surface area contributed by atoms with Gasteiger partial charge in [0.25, 0.3) is 0 Å². The van der Waals surface area contributed by atoms with Crippen molar-refractivity contribution in [3.63, 3.8) is 0 Å². The van der Waals surface area contributed by atoms with E-state index in [0.717, 1.165) is 21.8 Å². The lowest BCUT2D eigenvalue weighted by molar-refractivity contribution is -0.141. The molecule has 50 heavy (non-hydrogen) atoms. The monoisotopic (exact) mass is 698 g/mol. The van der Waals surface area contributed by atoms with Gasteiger partial charge in [-0.05, 0) is 42.0 Å². The lowest BCUT2D eigenvalue weighted by atomic mass is 9.99. The second-order valence-electron chi connectivity index (χ2n) is 12.9. The molecular weight excluding hydrogens is 657 g/mol. The van der Waals surface area contributed by atoms with E-state index in [-0.39, 0.29) is 60.4 Å². The van der Waals surface area contributed by atoms with Gasteiger partial charge in [-0.15, -0.1) is 0 Å². The molecule has 0 spiro atoms. The number of nitrogens with one attached hydrogen (secondary N) is 3. The summed E-state index contributed by atoms with van der Waals surface area (Å²) in [5.41, 5.74) is 2.80. The Balaban J connectivity index is 1.15. The molecule has 1 aliphatic rings. The zero-order chi connectivity index (χ0) is 35.9. The number of imidazole rings is 1. The number of amides is 4. The van der Waals surface area contributed by atoms with Crippen LogP contribution in [0.5, 0.6) is 0 Å². The fraction of sp³-hybridized carbons (Fsp3) is 0.378. The average molecular weight is 699 g/mol. The normalized spacial score (nSPS) is 15.5. The fourth-order valence-electron chi connectivity index (χ4n) is 6.16. The topological polar surface area (TPSA) is 159 Å². The predicted octanol–water partition coefficient (Wildman–Crippen LogP) is 4.49. The van der Waals surface area contributed by atoms with Crippen molar-refractivity contribution in [3.05, 3.63) is 78.2 Å². The van der Waals surface area contributed by atoms with Gasteiger partial charge in [0.1, 0.15) is 12.1 Å². The number of thiazole rings is 1. The number of carbonyl (C=O) groups excluding carboxylic acids is 6. The molecule has 4 amide bonds. The smallest absolute Gasteiger partial charge is 0.246 e. The van der Waals surface area contributed by atoms with E-state index in [1.165, 1.54) is 25.2 Å². The molecule has 4 aromatic rings. The van der Waals surface area contributed by atoms with Crippen LogP contribution in [0.25, 0.3) is 15.4 Å². The Kier molecular flexibility index (Phi) is 11.6. The zero-order valence-corrected chi connectivity index (χ0v) is 29.4. The molecule has 12 nitrogen and oxygen atoms in total. The lowest BCUT2D eigenvalue weighted by Gasteiger charge is -2.30. The van der Waals surface area contributed by atoms with E-state index in [0.29, 0.717) is 29.9 Å². The highest BCUT2D eigenvalue weighted by Gasteiger charge is 2.38. The molecule has 0 saturated carbocycles. The molecule has 5 rings (SSSR count). The number of anilines is 1. The number of ketones is 2. The second kappa shape index (κ2) is 16.0. The van der Waals surface area contributed by atoms with E-state index in [4.69, 9.17) is 0 Å². The van der Waals surface area contributed by atoms with Gasteiger partial charge in [0.15, 0.2) is 16.5 Å². The average Bonchev–Trinajstić information content (AvgIpc) is 3.81. The molecule has 0 bridgehead atoms. The SMILES string of the molecule is CC(=O)N[C@H](C(=O)N1CCC[C@H]1C(=O)Cc1cn2cc(-c3ccc(NC(=O)CCC(=O)[C@H](NC(C)=O)c4ccccc4)cc3)sc2n1)C(C)C. The maximum absolute atomic E-state index is 13.4. The van der Waals surface area contributed by atoms with Crippen molar-refractivity contribution in [3.8, 4) is 10.4 Å². The molecular formula is C37H42N6O6S. The summed E-state index contributed by atoms with van der Waals surface area (Å²) in [6.45, 7) is 6.96. The first-order valence-corrected chi connectivity index (χ1v) is 17.5. The van der Waals surface area contributed by atoms with E-state index in [2.05, 4.69) is 20.9 Å². The molecule has 0 aliphatic carbocycles. The maximum Gasteiger partial charge on any atom is 0.246 e. The minimum atomic E-state index is -0.808. The standard InChI is InChI=1S/C37H42N6O6S/c1-22(2)34(38-23(3)44)36(49)43-18-8-11-29(43)31(47)19-28-20-42-21-32(50-37(42)41-28)25-12-14-27(15-13-25)40-33(48)17-16-30(46)35(39-24(4)45)26-9-6-5-7-10-26/h5-7,9-10,12-15,20-22,29,34-35H,8,11,16-19H2,1-4H3,(H,38,44)(H,39,45)(H,40,48)/t29-,34-,35+/m0/s1. The number of likely N-dealkylation sites (tertiary alicyclic amines) is 1. The van der Waals surface area contributed by atoms with Gasteiger partial charge >= 0.3 is 0 Å². The van der Waals surface area contributed by atoms with E-state index in [1.807, 2.05) is 48.8 Å². The summed E-state index contributed by atoms with van der Waals surface area (Å²) >= 11 is 1.47. The van der Waals surface area contributed by atoms with Gasteiger partial charge in [0.05, 0.1) is 23.0 Å². The molecule has 13 heteroatoms. The first kappa shape index (κ1) is 36.1. The van der Waals surface area contributed by atoms with Crippen LogP contribution in [-0.4, -0.2) is 68.1 Å². The minimum Gasteiger partial charge on any atom is -0.344 e. The van der Waals surface area contributed by atoms with Gasteiger partial charge in [-0.25, -0.2) is 4.98 Å². The Morgan fingerprint density at radius 1 is 0.900 bits per heavy atom. The number of Topliss-reactive ketones (excluding diaryl/α,β-unsaturated/α-hetero) is 2. The summed E-state index contributed by atoms with van der Waals surface area (Å²) in [5.74, 6) is -1.57. The van der Waals surface area contributed by atoms with Crippen molar-refractivity contribution in [2.24, 2.45) is 5.92 Å². The highest BCUT2D eigenvalue weighted by atomic mass is 32.1. The largest absolute Gasteiger partial charge is 0.344 e.